The number of aromatic nitrogens is 2. The van der Waals surface area contributed by atoms with Crippen LogP contribution in [0.15, 0.2) is 18.2 Å². The van der Waals surface area contributed by atoms with Crippen LogP contribution >= 0.6 is 0 Å². The Morgan fingerprint density at radius 1 is 1.56 bits per heavy atom. The number of benzene rings is 1. The van der Waals surface area contributed by atoms with Crippen molar-refractivity contribution in [2.45, 2.75) is 13.3 Å². The van der Waals surface area contributed by atoms with E-state index in [1.165, 1.54) is 6.07 Å². The number of ether oxygens (including phenoxy) is 1. The Kier molecular flexibility index (Phi) is 2.76. The Balaban J connectivity index is 2.44. The van der Waals surface area contributed by atoms with Crippen LogP contribution in [-0.2, 0) is 0 Å². The third-order valence-electron chi connectivity index (χ3n) is 2.16. The minimum Gasteiger partial charge on any atom is -0.478 e. The largest absolute Gasteiger partial charge is 0.478 e. The Morgan fingerprint density at radius 3 is 3.06 bits per heavy atom. The predicted molar refractivity (Wildman–Crippen MR) is 58.8 cm³/mol. The van der Waals surface area contributed by atoms with Gasteiger partial charge < -0.3 is 14.8 Å². The number of carboxylic acid groups (broad SMARTS) is 1. The molecule has 0 atom stereocenters. The van der Waals surface area contributed by atoms with E-state index in [9.17, 15) is 4.79 Å². The number of nitrogens with zero attached hydrogens (tertiary/aromatic N) is 1. The van der Waals surface area contributed by atoms with Crippen LogP contribution in [0, 0.1) is 0 Å². The lowest BCUT2D eigenvalue weighted by Gasteiger charge is -1.96. The minimum atomic E-state index is -0.987. The van der Waals surface area contributed by atoms with Crippen molar-refractivity contribution in [3.8, 4) is 6.01 Å². The van der Waals surface area contributed by atoms with Gasteiger partial charge in [0.05, 0.1) is 17.7 Å². The lowest BCUT2D eigenvalue weighted by molar-refractivity contribution is 0.0699. The van der Waals surface area contributed by atoms with Gasteiger partial charge in [-0.25, -0.2) is 4.79 Å². The van der Waals surface area contributed by atoms with Crippen molar-refractivity contribution < 1.29 is 14.6 Å². The fraction of sp³-hybridized carbons (Fsp3) is 0.273. The van der Waals surface area contributed by atoms with Crippen LogP contribution in [0.1, 0.15) is 23.7 Å². The molecule has 84 valence electrons. The normalized spacial score (nSPS) is 10.6. The van der Waals surface area contributed by atoms with Gasteiger partial charge in [-0.2, -0.15) is 4.98 Å². The lowest BCUT2D eigenvalue weighted by atomic mass is 10.2. The van der Waals surface area contributed by atoms with Crippen LogP contribution in [0.4, 0.5) is 0 Å². The van der Waals surface area contributed by atoms with E-state index in [0.717, 1.165) is 6.42 Å². The Labute approximate surface area is 92.1 Å². The van der Waals surface area contributed by atoms with E-state index in [4.69, 9.17) is 9.84 Å². The maximum Gasteiger partial charge on any atom is 0.337 e. The highest BCUT2D eigenvalue weighted by Crippen LogP contribution is 2.19. The Bertz CT molecular complexity index is 519. The molecule has 1 aromatic carbocycles. The number of imidazole rings is 1. The van der Waals surface area contributed by atoms with Gasteiger partial charge in [0.2, 0.25) is 0 Å². The first-order chi connectivity index (χ1) is 7.72. The smallest absolute Gasteiger partial charge is 0.337 e. The number of H-pyrrole nitrogens is 1. The van der Waals surface area contributed by atoms with Crippen LogP contribution < -0.4 is 4.74 Å². The van der Waals surface area contributed by atoms with Gasteiger partial charge in [-0.1, -0.05) is 13.0 Å². The summed E-state index contributed by atoms with van der Waals surface area (Å²) in [6.45, 7) is 2.55. The summed E-state index contributed by atoms with van der Waals surface area (Å²) in [5.41, 5.74) is 1.28. The molecule has 0 unspecified atom stereocenters. The van der Waals surface area contributed by atoms with Crippen molar-refractivity contribution in [1.29, 1.82) is 0 Å². The van der Waals surface area contributed by atoms with E-state index in [2.05, 4.69) is 9.97 Å². The second-order valence-electron chi connectivity index (χ2n) is 3.40. The number of aromatic carboxylic acids is 1. The third kappa shape index (κ3) is 1.84. The molecule has 1 heterocycles. The summed E-state index contributed by atoms with van der Waals surface area (Å²) in [6, 6.07) is 5.33. The zero-order chi connectivity index (χ0) is 11.5. The van der Waals surface area contributed by atoms with Gasteiger partial charge >= 0.3 is 5.97 Å². The van der Waals surface area contributed by atoms with Gasteiger partial charge in [-0.05, 0) is 18.6 Å². The zero-order valence-corrected chi connectivity index (χ0v) is 8.86. The lowest BCUT2D eigenvalue weighted by Crippen LogP contribution is -1.97. The molecule has 0 saturated heterocycles. The molecule has 2 rings (SSSR count). The first-order valence-corrected chi connectivity index (χ1v) is 5.07. The molecule has 0 fully saturated rings. The van der Waals surface area contributed by atoms with Crippen LogP contribution in [-0.4, -0.2) is 27.7 Å². The molecule has 0 bridgehead atoms. The second-order valence-corrected chi connectivity index (χ2v) is 3.40. The number of aromatic amines is 1. The van der Waals surface area contributed by atoms with E-state index in [-0.39, 0.29) is 5.56 Å². The SMILES string of the molecule is CCCOc1nc2c(C(=O)O)cccc2[nH]1. The van der Waals surface area contributed by atoms with Crippen LogP contribution in [0.25, 0.3) is 11.0 Å². The standard InChI is InChI=1S/C11H12N2O3/c1-2-6-16-11-12-8-5-3-4-7(10(14)15)9(8)13-11/h3-5H,2,6H2,1H3,(H,12,13)(H,14,15). The fourth-order valence-corrected chi connectivity index (χ4v) is 1.45. The average Bonchev–Trinajstić information content (AvgIpc) is 2.68. The molecule has 2 N–H and O–H groups in total. The monoisotopic (exact) mass is 220 g/mol. The topological polar surface area (TPSA) is 75.2 Å². The molecule has 0 radical (unpaired) electrons. The van der Waals surface area contributed by atoms with E-state index < -0.39 is 5.97 Å². The molecular formula is C11H12N2O3. The summed E-state index contributed by atoms with van der Waals surface area (Å²) in [5.74, 6) is -0.987. The second kappa shape index (κ2) is 4.22. The van der Waals surface area contributed by atoms with Gasteiger partial charge in [-0.3, -0.25) is 0 Å². The summed E-state index contributed by atoms with van der Waals surface area (Å²) in [5, 5.41) is 8.97. The van der Waals surface area contributed by atoms with Crippen molar-refractivity contribution in [2.75, 3.05) is 6.61 Å². The summed E-state index contributed by atoms with van der Waals surface area (Å²) >= 11 is 0. The molecule has 0 saturated carbocycles. The maximum atomic E-state index is 10.9. The summed E-state index contributed by atoms with van der Waals surface area (Å²) < 4.78 is 5.32. The fourth-order valence-electron chi connectivity index (χ4n) is 1.45. The Morgan fingerprint density at radius 2 is 2.38 bits per heavy atom. The number of hydrogen-bond donors (Lipinski definition) is 2. The van der Waals surface area contributed by atoms with Gasteiger partial charge in [0.1, 0.15) is 5.52 Å². The highest BCUT2D eigenvalue weighted by molar-refractivity contribution is 6.01. The summed E-state index contributed by atoms with van der Waals surface area (Å²) in [6.07, 6.45) is 0.878. The number of para-hydroxylation sites is 1. The van der Waals surface area contributed by atoms with Crippen LogP contribution in [0.5, 0.6) is 6.01 Å². The number of fused-ring (bicyclic) bond motifs is 1. The molecular weight excluding hydrogens is 208 g/mol. The van der Waals surface area contributed by atoms with Crippen molar-refractivity contribution in [1.82, 2.24) is 9.97 Å². The Hall–Kier alpha value is -2.04. The number of carbonyl (C=O) groups is 1. The van der Waals surface area contributed by atoms with E-state index in [1.54, 1.807) is 12.1 Å². The van der Waals surface area contributed by atoms with Gasteiger partial charge in [0.15, 0.2) is 0 Å². The van der Waals surface area contributed by atoms with E-state index >= 15 is 0 Å². The van der Waals surface area contributed by atoms with E-state index in [1.807, 2.05) is 6.92 Å². The van der Waals surface area contributed by atoms with Crippen molar-refractivity contribution in [3.63, 3.8) is 0 Å². The molecule has 0 amide bonds. The zero-order valence-electron chi connectivity index (χ0n) is 8.86. The van der Waals surface area contributed by atoms with Crippen LogP contribution in [0.3, 0.4) is 0 Å². The van der Waals surface area contributed by atoms with Crippen molar-refractivity contribution >= 4 is 17.0 Å². The molecule has 0 aliphatic rings. The molecule has 5 heteroatoms. The predicted octanol–water partition coefficient (Wildman–Crippen LogP) is 2.05. The number of hydrogen-bond acceptors (Lipinski definition) is 3. The summed E-state index contributed by atoms with van der Waals surface area (Å²) in [4.78, 5) is 18.0. The molecule has 1 aromatic heterocycles. The minimum absolute atomic E-state index is 0.181. The first-order valence-electron chi connectivity index (χ1n) is 5.07. The van der Waals surface area contributed by atoms with Crippen molar-refractivity contribution in [3.05, 3.63) is 23.8 Å². The molecule has 16 heavy (non-hydrogen) atoms. The van der Waals surface area contributed by atoms with Gasteiger partial charge in [-0.15, -0.1) is 0 Å². The first kappa shape index (κ1) is 10.5. The maximum absolute atomic E-state index is 10.9. The molecule has 0 aliphatic heterocycles. The number of rotatable bonds is 4. The van der Waals surface area contributed by atoms with Crippen LogP contribution in [0.2, 0.25) is 0 Å². The van der Waals surface area contributed by atoms with E-state index in [0.29, 0.717) is 23.7 Å². The number of carboxylic acids is 1. The number of nitrogens with one attached hydrogen (secondary N) is 1. The molecule has 0 spiro atoms. The van der Waals surface area contributed by atoms with Crippen molar-refractivity contribution in [2.24, 2.45) is 0 Å². The highest BCUT2D eigenvalue weighted by atomic mass is 16.5. The summed E-state index contributed by atoms with van der Waals surface area (Å²) in [7, 11) is 0. The quantitative estimate of drug-likeness (QED) is 0.826. The van der Waals surface area contributed by atoms with Gasteiger partial charge in [0, 0.05) is 0 Å². The third-order valence-corrected chi connectivity index (χ3v) is 2.16. The molecule has 2 aromatic rings. The molecule has 0 aliphatic carbocycles. The molecule has 5 nitrogen and oxygen atoms in total. The average molecular weight is 220 g/mol. The highest BCUT2D eigenvalue weighted by Gasteiger charge is 2.12. The van der Waals surface area contributed by atoms with Gasteiger partial charge in [0.25, 0.3) is 6.01 Å².